The molecule has 0 aliphatic heterocycles. The van der Waals surface area contributed by atoms with E-state index in [0.29, 0.717) is 11.1 Å². The largest absolute Gasteiger partial charge is 0.424 e. The number of nitrogen functional groups attached to an aromatic ring is 1. The maximum atomic E-state index is 10.8. The molecule has 0 saturated heterocycles. The van der Waals surface area contributed by atoms with E-state index in [0.717, 1.165) is 11.1 Å². The zero-order valence-corrected chi connectivity index (χ0v) is 9.74. The minimum Gasteiger partial charge on any atom is -0.424 e. The molecule has 0 aliphatic rings. The molecule has 0 atom stereocenters. The van der Waals surface area contributed by atoms with Gasteiger partial charge in [-0.1, -0.05) is 18.2 Å². The van der Waals surface area contributed by atoms with Crippen LogP contribution in [0.4, 0.5) is 11.7 Å². The second-order valence-corrected chi connectivity index (χ2v) is 4.04. The van der Waals surface area contributed by atoms with Crippen molar-refractivity contribution in [2.45, 2.75) is 0 Å². The Kier molecular flexibility index (Phi) is 2.42. The zero-order chi connectivity index (χ0) is 13.4. The molecular formula is C13H9N3O3. The van der Waals surface area contributed by atoms with E-state index in [9.17, 15) is 10.1 Å². The maximum absolute atomic E-state index is 10.8. The van der Waals surface area contributed by atoms with Gasteiger partial charge in [0, 0.05) is 12.1 Å². The molecule has 3 rings (SSSR count). The minimum atomic E-state index is -0.421. The molecule has 94 valence electrons. The number of fused-ring (bicyclic) bond motifs is 1. The molecule has 1 aromatic heterocycles. The van der Waals surface area contributed by atoms with Gasteiger partial charge in [0.05, 0.1) is 4.92 Å². The average molecular weight is 255 g/mol. The molecule has 2 aromatic carbocycles. The van der Waals surface area contributed by atoms with E-state index in [2.05, 4.69) is 4.98 Å². The van der Waals surface area contributed by atoms with Gasteiger partial charge in [-0.05, 0) is 23.3 Å². The maximum Gasteiger partial charge on any atom is 0.292 e. The molecule has 0 fully saturated rings. The lowest BCUT2D eigenvalue weighted by molar-refractivity contribution is -0.384. The van der Waals surface area contributed by atoms with Crippen LogP contribution in [-0.4, -0.2) is 9.91 Å². The highest BCUT2D eigenvalue weighted by Gasteiger charge is 2.09. The van der Waals surface area contributed by atoms with Crippen LogP contribution in [0.3, 0.4) is 0 Å². The Balaban J connectivity index is 2.12. The van der Waals surface area contributed by atoms with E-state index in [-0.39, 0.29) is 11.7 Å². The van der Waals surface area contributed by atoms with Crippen LogP contribution in [0.25, 0.3) is 22.2 Å². The number of rotatable bonds is 2. The van der Waals surface area contributed by atoms with Crippen molar-refractivity contribution >= 4 is 22.8 Å². The Labute approximate surface area is 107 Å². The van der Waals surface area contributed by atoms with E-state index >= 15 is 0 Å². The molecule has 3 aromatic rings. The highest BCUT2D eigenvalue weighted by molar-refractivity contribution is 5.81. The zero-order valence-electron chi connectivity index (χ0n) is 9.74. The summed E-state index contributed by atoms with van der Waals surface area (Å²) in [5, 5.41) is 10.8. The molecule has 19 heavy (non-hydrogen) atoms. The monoisotopic (exact) mass is 255 g/mol. The lowest BCUT2D eigenvalue weighted by atomic mass is 10.0. The van der Waals surface area contributed by atoms with Crippen molar-refractivity contribution in [2.24, 2.45) is 0 Å². The SMILES string of the molecule is Nc1nc2cc(-c3cccc([N+](=O)[O-])c3)ccc2o1. The average Bonchev–Trinajstić information content (AvgIpc) is 2.77. The number of benzene rings is 2. The standard InChI is InChI=1S/C13H9N3O3/c14-13-15-11-7-9(4-5-12(11)19-13)8-2-1-3-10(6-8)16(17)18/h1-7H,(H2,14,15). The fourth-order valence-electron chi connectivity index (χ4n) is 1.92. The van der Waals surface area contributed by atoms with Gasteiger partial charge in [-0.25, -0.2) is 0 Å². The molecule has 0 amide bonds. The summed E-state index contributed by atoms with van der Waals surface area (Å²) in [6.07, 6.45) is 0. The van der Waals surface area contributed by atoms with Gasteiger partial charge in [-0.15, -0.1) is 0 Å². The summed E-state index contributed by atoms with van der Waals surface area (Å²) in [5.74, 6) is 0. The number of oxazole rings is 1. The van der Waals surface area contributed by atoms with E-state index in [1.54, 1.807) is 24.3 Å². The van der Waals surface area contributed by atoms with Crippen LogP contribution in [0.2, 0.25) is 0 Å². The van der Waals surface area contributed by atoms with E-state index in [4.69, 9.17) is 10.2 Å². The summed E-state index contributed by atoms with van der Waals surface area (Å²) in [4.78, 5) is 14.4. The normalized spacial score (nSPS) is 10.7. The lowest BCUT2D eigenvalue weighted by Gasteiger charge is -2.01. The Bertz CT molecular complexity index is 780. The molecule has 0 unspecified atom stereocenters. The van der Waals surface area contributed by atoms with Crippen LogP contribution in [0, 0.1) is 10.1 Å². The first-order chi connectivity index (χ1) is 9.13. The highest BCUT2D eigenvalue weighted by Crippen LogP contribution is 2.27. The van der Waals surface area contributed by atoms with Crippen LogP contribution in [0.5, 0.6) is 0 Å². The Morgan fingerprint density at radius 2 is 1.95 bits per heavy atom. The number of aromatic nitrogens is 1. The summed E-state index contributed by atoms with van der Waals surface area (Å²) in [6, 6.07) is 11.9. The third kappa shape index (κ3) is 1.99. The van der Waals surface area contributed by atoms with Gasteiger partial charge >= 0.3 is 0 Å². The van der Waals surface area contributed by atoms with E-state index in [1.807, 2.05) is 6.07 Å². The minimum absolute atomic E-state index is 0.0530. The number of nitro groups is 1. The molecule has 6 heteroatoms. The third-order valence-corrected chi connectivity index (χ3v) is 2.79. The summed E-state index contributed by atoms with van der Waals surface area (Å²) in [5.41, 5.74) is 8.32. The first-order valence-corrected chi connectivity index (χ1v) is 5.54. The number of nitrogens with zero attached hydrogens (tertiary/aromatic N) is 2. The molecule has 0 saturated carbocycles. The van der Waals surface area contributed by atoms with Crippen molar-refractivity contribution in [1.82, 2.24) is 4.98 Å². The molecular weight excluding hydrogens is 246 g/mol. The number of nitro benzene ring substituents is 1. The van der Waals surface area contributed by atoms with Crippen molar-refractivity contribution in [1.29, 1.82) is 0 Å². The summed E-state index contributed by atoms with van der Waals surface area (Å²) < 4.78 is 5.18. The first kappa shape index (κ1) is 11.2. The van der Waals surface area contributed by atoms with Crippen molar-refractivity contribution < 1.29 is 9.34 Å². The first-order valence-electron chi connectivity index (χ1n) is 5.54. The van der Waals surface area contributed by atoms with Gasteiger partial charge in [0.2, 0.25) is 0 Å². The fourth-order valence-corrected chi connectivity index (χ4v) is 1.92. The summed E-state index contributed by atoms with van der Waals surface area (Å²) in [7, 11) is 0. The van der Waals surface area contributed by atoms with Gasteiger partial charge in [0.25, 0.3) is 11.7 Å². The molecule has 0 bridgehead atoms. The molecule has 2 N–H and O–H groups in total. The molecule has 0 radical (unpaired) electrons. The smallest absolute Gasteiger partial charge is 0.292 e. The second-order valence-electron chi connectivity index (χ2n) is 4.04. The molecule has 6 nitrogen and oxygen atoms in total. The number of hydrogen-bond donors (Lipinski definition) is 1. The predicted molar refractivity (Wildman–Crippen MR) is 70.5 cm³/mol. The van der Waals surface area contributed by atoms with Crippen molar-refractivity contribution in [3.8, 4) is 11.1 Å². The van der Waals surface area contributed by atoms with Gasteiger partial charge in [0.1, 0.15) is 5.52 Å². The van der Waals surface area contributed by atoms with Gasteiger partial charge in [-0.2, -0.15) is 4.98 Å². The fraction of sp³-hybridized carbons (Fsp3) is 0. The molecule has 0 aliphatic carbocycles. The molecule has 1 heterocycles. The highest BCUT2D eigenvalue weighted by atomic mass is 16.6. The predicted octanol–water partition coefficient (Wildman–Crippen LogP) is 2.99. The number of anilines is 1. The lowest BCUT2D eigenvalue weighted by Crippen LogP contribution is -1.88. The van der Waals surface area contributed by atoms with Crippen LogP contribution >= 0.6 is 0 Å². The number of nitrogens with two attached hydrogens (primary N) is 1. The Morgan fingerprint density at radius 1 is 1.16 bits per heavy atom. The number of hydrogen-bond acceptors (Lipinski definition) is 5. The van der Waals surface area contributed by atoms with Crippen molar-refractivity contribution in [3.63, 3.8) is 0 Å². The second kappa shape index (κ2) is 4.09. The Morgan fingerprint density at radius 3 is 2.74 bits per heavy atom. The van der Waals surface area contributed by atoms with E-state index in [1.165, 1.54) is 12.1 Å². The van der Waals surface area contributed by atoms with Crippen LogP contribution in [0.1, 0.15) is 0 Å². The third-order valence-electron chi connectivity index (χ3n) is 2.79. The van der Waals surface area contributed by atoms with Gasteiger partial charge in [0.15, 0.2) is 5.58 Å². The van der Waals surface area contributed by atoms with Gasteiger partial charge < -0.3 is 10.2 Å². The van der Waals surface area contributed by atoms with Crippen molar-refractivity contribution in [3.05, 3.63) is 52.6 Å². The quantitative estimate of drug-likeness (QED) is 0.561. The van der Waals surface area contributed by atoms with Crippen LogP contribution in [-0.2, 0) is 0 Å². The molecule has 0 spiro atoms. The van der Waals surface area contributed by atoms with Crippen molar-refractivity contribution in [2.75, 3.05) is 5.73 Å². The van der Waals surface area contributed by atoms with E-state index < -0.39 is 4.92 Å². The Hall–Kier alpha value is -2.89. The summed E-state index contributed by atoms with van der Waals surface area (Å²) >= 11 is 0. The van der Waals surface area contributed by atoms with Crippen LogP contribution in [0.15, 0.2) is 46.9 Å². The topological polar surface area (TPSA) is 95.2 Å². The van der Waals surface area contributed by atoms with Crippen LogP contribution < -0.4 is 5.73 Å². The summed E-state index contributed by atoms with van der Waals surface area (Å²) in [6.45, 7) is 0. The number of non-ortho nitro benzene ring substituents is 1. The van der Waals surface area contributed by atoms with Gasteiger partial charge in [-0.3, -0.25) is 10.1 Å².